The van der Waals surface area contributed by atoms with Crippen LogP contribution in [0, 0.1) is 6.92 Å². The van der Waals surface area contributed by atoms with Crippen molar-refractivity contribution >= 4 is 28.5 Å². The number of hydrogen-bond donors (Lipinski definition) is 2. The van der Waals surface area contributed by atoms with Crippen LogP contribution in [0.2, 0.25) is 0 Å². The maximum atomic E-state index is 12.8. The fourth-order valence-corrected chi connectivity index (χ4v) is 7.22. The molecule has 2 unspecified atom stereocenters. The van der Waals surface area contributed by atoms with Gasteiger partial charge in [-0.05, 0) is 51.0 Å². The van der Waals surface area contributed by atoms with E-state index in [0.717, 1.165) is 91.8 Å². The van der Waals surface area contributed by atoms with E-state index in [1.165, 1.54) is 0 Å². The molecule has 2 aromatic heterocycles. The van der Waals surface area contributed by atoms with Crippen molar-refractivity contribution in [3.63, 3.8) is 0 Å². The van der Waals surface area contributed by atoms with Gasteiger partial charge in [-0.2, -0.15) is 10.1 Å². The molecule has 0 saturated carbocycles. The Morgan fingerprint density at radius 2 is 1.86 bits per heavy atom. The number of aromatic nitrogens is 4. The lowest BCUT2D eigenvalue weighted by molar-refractivity contribution is 0.0903. The molecular formula is C30H39N7O4S. The smallest absolute Gasteiger partial charge is 0.251 e. The summed E-state index contributed by atoms with van der Waals surface area (Å²) in [5, 5.41) is 11.0. The highest BCUT2D eigenvalue weighted by Crippen LogP contribution is 2.32. The van der Waals surface area contributed by atoms with Crippen molar-refractivity contribution < 1.29 is 18.5 Å². The quantitative estimate of drug-likeness (QED) is 0.405. The first-order valence-corrected chi connectivity index (χ1v) is 16.1. The van der Waals surface area contributed by atoms with E-state index in [9.17, 15) is 9.00 Å². The minimum Gasteiger partial charge on any atom is -0.490 e. The largest absolute Gasteiger partial charge is 0.490 e. The van der Waals surface area contributed by atoms with Crippen LogP contribution in [-0.2, 0) is 29.0 Å². The maximum Gasteiger partial charge on any atom is 0.251 e. The number of carbonyl (C=O) groups is 1. The van der Waals surface area contributed by atoms with Gasteiger partial charge in [0.25, 0.3) is 5.91 Å². The topological polar surface area (TPSA) is 124 Å². The third-order valence-electron chi connectivity index (χ3n) is 8.25. The van der Waals surface area contributed by atoms with Crippen molar-refractivity contribution in [3.05, 3.63) is 53.0 Å². The first-order chi connectivity index (χ1) is 20.3. The number of nitrogens with zero attached hydrogens (tertiary/aromatic N) is 5. The van der Waals surface area contributed by atoms with Gasteiger partial charge in [-0.1, -0.05) is 0 Å². The number of anilines is 2. The molecule has 0 bridgehead atoms. The summed E-state index contributed by atoms with van der Waals surface area (Å²) in [7, 11) is 0.818. The second kappa shape index (κ2) is 12.4. The van der Waals surface area contributed by atoms with E-state index in [4.69, 9.17) is 19.4 Å². The van der Waals surface area contributed by atoms with Gasteiger partial charge >= 0.3 is 0 Å². The molecule has 0 aliphatic carbocycles. The van der Waals surface area contributed by atoms with Gasteiger partial charge in [-0.3, -0.25) is 13.7 Å². The van der Waals surface area contributed by atoms with Crippen molar-refractivity contribution in [1.82, 2.24) is 25.1 Å². The minimum absolute atomic E-state index is 0.0660. The van der Waals surface area contributed by atoms with Gasteiger partial charge in [0.15, 0.2) is 0 Å². The lowest BCUT2D eigenvalue weighted by atomic mass is 10.1. The van der Waals surface area contributed by atoms with Crippen LogP contribution < -0.4 is 20.3 Å². The molecule has 3 aromatic rings. The third kappa shape index (κ3) is 6.29. The fraction of sp³-hybridized carbons (Fsp3) is 0.533. The fourth-order valence-electron chi connectivity index (χ4n) is 5.91. The van der Waals surface area contributed by atoms with Crippen molar-refractivity contribution in [2.45, 2.75) is 69.0 Å². The zero-order valence-corrected chi connectivity index (χ0v) is 25.3. The molecule has 5 heterocycles. The Morgan fingerprint density at radius 3 is 2.55 bits per heavy atom. The van der Waals surface area contributed by atoms with Gasteiger partial charge in [-0.25, -0.2) is 4.98 Å². The third-order valence-corrected chi connectivity index (χ3v) is 9.71. The molecule has 2 N–H and O–H groups in total. The van der Waals surface area contributed by atoms with E-state index in [0.29, 0.717) is 17.3 Å². The number of hydrogen-bond acceptors (Lipinski definition) is 9. The number of rotatable bonds is 8. The molecule has 1 aromatic carbocycles. The van der Waals surface area contributed by atoms with Crippen molar-refractivity contribution in [2.75, 3.05) is 42.3 Å². The number of amides is 1. The zero-order chi connectivity index (χ0) is 29.2. The van der Waals surface area contributed by atoms with Crippen molar-refractivity contribution in [2.24, 2.45) is 7.05 Å². The molecule has 2 saturated heterocycles. The Balaban J connectivity index is 1.04. The van der Waals surface area contributed by atoms with E-state index in [2.05, 4.69) is 20.6 Å². The molecule has 3 aliphatic rings. The molecule has 0 spiro atoms. The first kappa shape index (κ1) is 28.6. The maximum absolute atomic E-state index is 12.8. The predicted octanol–water partition coefficient (Wildman–Crippen LogP) is 3.31. The Hall–Kier alpha value is -3.51. The van der Waals surface area contributed by atoms with Crippen LogP contribution in [0.25, 0.3) is 0 Å². The number of aryl methyl sites for hydroxylation is 3. The van der Waals surface area contributed by atoms with Crippen molar-refractivity contribution in [1.29, 1.82) is 0 Å². The predicted molar refractivity (Wildman–Crippen MR) is 161 cm³/mol. The summed E-state index contributed by atoms with van der Waals surface area (Å²) in [4.78, 5) is 25.5. The molecule has 6 rings (SSSR count). The summed E-state index contributed by atoms with van der Waals surface area (Å²) >= 11 is 0. The molecule has 224 valence electrons. The van der Waals surface area contributed by atoms with Crippen molar-refractivity contribution in [3.8, 4) is 5.75 Å². The summed E-state index contributed by atoms with van der Waals surface area (Å²) in [5.41, 5.74) is 3.40. The number of fused-ring (bicyclic) bond motifs is 1. The van der Waals surface area contributed by atoms with Crippen LogP contribution in [0.3, 0.4) is 0 Å². The van der Waals surface area contributed by atoms with Gasteiger partial charge in [0, 0.05) is 81.7 Å². The SMILES string of the molecule is Cc1nn(C)cc1C(C)NC(=O)c1ccc(OC2CCN(c3nc4c(c(NC5CCOCC5)n3)S(=O)CC4)CC2)cc1. The summed E-state index contributed by atoms with van der Waals surface area (Å²) in [5.74, 6) is 2.65. The highest BCUT2D eigenvalue weighted by atomic mass is 32.2. The summed E-state index contributed by atoms with van der Waals surface area (Å²) in [6.45, 7) is 6.92. The molecule has 42 heavy (non-hydrogen) atoms. The summed E-state index contributed by atoms with van der Waals surface area (Å²) in [6, 6.07) is 7.46. The van der Waals surface area contributed by atoms with Gasteiger partial charge < -0.3 is 25.0 Å². The van der Waals surface area contributed by atoms with Gasteiger partial charge in [0.05, 0.1) is 28.2 Å². The second-order valence-electron chi connectivity index (χ2n) is 11.3. The van der Waals surface area contributed by atoms with E-state index >= 15 is 0 Å². The van der Waals surface area contributed by atoms with Crippen LogP contribution in [0.1, 0.15) is 66.0 Å². The Bertz CT molecular complexity index is 1450. The molecule has 3 aliphatic heterocycles. The average Bonchev–Trinajstić information content (AvgIpc) is 3.54. The van der Waals surface area contributed by atoms with Crippen LogP contribution >= 0.6 is 0 Å². The number of benzene rings is 1. The monoisotopic (exact) mass is 593 g/mol. The number of ether oxygens (including phenoxy) is 2. The van der Waals surface area contributed by atoms with Crippen LogP contribution in [0.15, 0.2) is 35.4 Å². The second-order valence-corrected chi connectivity index (χ2v) is 12.9. The zero-order valence-electron chi connectivity index (χ0n) is 24.5. The molecule has 2 fully saturated rings. The van der Waals surface area contributed by atoms with Crippen LogP contribution in [0.5, 0.6) is 5.75 Å². The average molecular weight is 594 g/mol. The van der Waals surface area contributed by atoms with E-state index < -0.39 is 10.8 Å². The Kier molecular flexibility index (Phi) is 8.43. The number of carbonyl (C=O) groups excluding carboxylic acids is 1. The highest BCUT2D eigenvalue weighted by molar-refractivity contribution is 7.85. The van der Waals surface area contributed by atoms with E-state index in [1.54, 1.807) is 16.8 Å². The lowest BCUT2D eigenvalue weighted by Crippen LogP contribution is -2.39. The summed E-state index contributed by atoms with van der Waals surface area (Å²) < 4.78 is 26.3. The molecule has 1 amide bonds. The first-order valence-electron chi connectivity index (χ1n) is 14.8. The molecule has 12 heteroatoms. The molecule has 0 radical (unpaired) electrons. The van der Waals surface area contributed by atoms with Gasteiger partial charge in [0.1, 0.15) is 22.6 Å². The molecule has 2 atom stereocenters. The number of nitrogens with one attached hydrogen (secondary N) is 2. The number of piperidine rings is 1. The lowest BCUT2D eigenvalue weighted by Gasteiger charge is -2.33. The molecular weight excluding hydrogens is 554 g/mol. The standard InChI is InChI=1S/C30H39N7O4S/c1-19(25-18-36(3)35-20(25)2)31-29(38)21-4-6-23(7-5-21)41-24-8-13-37(14-9-24)30-33-26-12-17-42(39)27(26)28(34-30)32-22-10-15-40-16-11-22/h4-7,18-19,22,24H,8-17H2,1-3H3,(H,31,38)(H,32,33,34). The summed E-state index contributed by atoms with van der Waals surface area (Å²) in [6.07, 6.45) is 6.22. The van der Waals surface area contributed by atoms with Gasteiger partial charge in [-0.15, -0.1) is 0 Å². The minimum atomic E-state index is -1.06. The van der Waals surface area contributed by atoms with E-state index in [1.807, 2.05) is 39.2 Å². The Labute approximate surface area is 248 Å². The van der Waals surface area contributed by atoms with Gasteiger partial charge in [0.2, 0.25) is 5.95 Å². The Morgan fingerprint density at radius 1 is 1.12 bits per heavy atom. The molecule has 11 nitrogen and oxygen atoms in total. The highest BCUT2D eigenvalue weighted by Gasteiger charge is 2.30. The normalized spacial score (nSPS) is 20.3. The van der Waals surface area contributed by atoms with Crippen LogP contribution in [-0.4, -0.2) is 74.1 Å². The van der Waals surface area contributed by atoms with Crippen LogP contribution in [0.4, 0.5) is 11.8 Å². The van der Waals surface area contributed by atoms with E-state index in [-0.39, 0.29) is 24.1 Å².